The average Bonchev–Trinajstić information content (AvgIpc) is 3.58. The quantitative estimate of drug-likeness (QED) is 0.173. The van der Waals surface area contributed by atoms with Crippen molar-refractivity contribution in [2.24, 2.45) is 0 Å². The number of rotatable bonds is 3. The van der Waals surface area contributed by atoms with Gasteiger partial charge >= 0.3 is 0 Å². The number of fused-ring (bicyclic) bond motifs is 8. The smallest absolute Gasteiger partial charge is 0.0629 e. The lowest BCUT2D eigenvalue weighted by atomic mass is 9.83. The molecule has 0 saturated heterocycles. The van der Waals surface area contributed by atoms with Gasteiger partial charge in [0.25, 0.3) is 0 Å². The van der Waals surface area contributed by atoms with E-state index >= 15 is 0 Å². The van der Waals surface area contributed by atoms with Crippen LogP contribution in [0.15, 0.2) is 170 Å². The van der Waals surface area contributed by atoms with Crippen molar-refractivity contribution in [1.82, 2.24) is 0 Å². The van der Waals surface area contributed by atoms with Crippen LogP contribution in [0.4, 0.5) is 0 Å². The van der Waals surface area contributed by atoms with Crippen LogP contribution in [0.2, 0.25) is 0 Å². The molecule has 1 heteroatoms. The highest BCUT2D eigenvalue weighted by Gasteiger charge is 2.20. The SMILES string of the molecule is [2H]c1c([2H])c([2H])c(-c2c3ccccc3c(-c3cc(-c4cccc5sc6ccc7ccccc7c6c45)cc4ccccc34)c3ccccc23)c([2H])c1[2H]. The Morgan fingerprint density at radius 2 is 0.979 bits per heavy atom. The summed E-state index contributed by atoms with van der Waals surface area (Å²) < 4.78 is 45.7. The third-order valence-electron chi connectivity index (χ3n) is 9.51. The summed E-state index contributed by atoms with van der Waals surface area (Å²) in [6.45, 7) is 0. The first kappa shape index (κ1) is 21.9. The largest absolute Gasteiger partial charge is 0.135 e. The van der Waals surface area contributed by atoms with Crippen LogP contribution < -0.4 is 0 Å². The van der Waals surface area contributed by atoms with Crippen LogP contribution >= 0.6 is 11.3 Å². The molecule has 0 nitrogen and oxygen atoms in total. The van der Waals surface area contributed by atoms with Gasteiger partial charge in [0.05, 0.1) is 6.85 Å². The minimum absolute atomic E-state index is 0.204. The molecule has 0 spiro atoms. The second-order valence-corrected chi connectivity index (χ2v) is 13.1. The highest BCUT2D eigenvalue weighted by molar-refractivity contribution is 7.26. The van der Waals surface area contributed by atoms with E-state index in [-0.39, 0.29) is 29.7 Å². The molecule has 0 saturated carbocycles. The van der Waals surface area contributed by atoms with Gasteiger partial charge in [0.2, 0.25) is 0 Å². The summed E-state index contributed by atoms with van der Waals surface area (Å²) in [5, 5.41) is 10.8. The van der Waals surface area contributed by atoms with Gasteiger partial charge in [-0.05, 0) is 101 Å². The van der Waals surface area contributed by atoms with Crippen LogP contribution in [0.3, 0.4) is 0 Å². The van der Waals surface area contributed by atoms with E-state index in [2.05, 4.69) is 103 Å². The van der Waals surface area contributed by atoms with Gasteiger partial charge in [-0.15, -0.1) is 11.3 Å². The first-order valence-electron chi connectivity index (χ1n) is 18.3. The van der Waals surface area contributed by atoms with Crippen molar-refractivity contribution in [2.75, 3.05) is 0 Å². The average molecular weight is 618 g/mol. The third kappa shape index (κ3) is 4.00. The van der Waals surface area contributed by atoms with Gasteiger partial charge in [-0.25, -0.2) is 0 Å². The lowest BCUT2D eigenvalue weighted by molar-refractivity contribution is 1.66. The molecule has 10 aromatic rings. The first-order chi connectivity index (χ1) is 25.4. The molecule has 0 aliphatic heterocycles. The fourth-order valence-electron chi connectivity index (χ4n) is 7.56. The molecule has 0 aliphatic carbocycles. The van der Waals surface area contributed by atoms with Crippen molar-refractivity contribution in [3.05, 3.63) is 170 Å². The van der Waals surface area contributed by atoms with Crippen LogP contribution in [0, 0.1) is 0 Å². The standard InChI is InChI=1S/C46H28S/c1-2-14-30(15-3-1)43-36-19-8-10-21-38(36)44(39-22-11-9-20-37(39)43)40-28-32(27-31-16-5-6-17-33(31)40)35-23-12-24-41-46(35)45-34-18-7-4-13-29(34)25-26-42(45)47-41/h1-28H/i1D,2D,3D,14D,15D. The van der Waals surface area contributed by atoms with Gasteiger partial charge in [0.15, 0.2) is 0 Å². The highest BCUT2D eigenvalue weighted by atomic mass is 32.1. The first-order valence-corrected chi connectivity index (χ1v) is 16.6. The minimum atomic E-state index is -0.395. The van der Waals surface area contributed by atoms with E-state index in [1.807, 2.05) is 47.7 Å². The van der Waals surface area contributed by atoms with E-state index in [0.717, 1.165) is 49.0 Å². The van der Waals surface area contributed by atoms with E-state index in [0.29, 0.717) is 5.56 Å². The number of hydrogen-bond donors (Lipinski definition) is 0. The highest BCUT2D eigenvalue weighted by Crippen LogP contribution is 2.48. The summed E-state index contributed by atoms with van der Waals surface area (Å²) in [6, 6.07) is 47.5. The number of thiophene rings is 1. The van der Waals surface area contributed by atoms with Crippen molar-refractivity contribution >= 4 is 74.6 Å². The molecular formula is C46H28S. The Morgan fingerprint density at radius 3 is 1.70 bits per heavy atom. The lowest BCUT2D eigenvalue weighted by Crippen LogP contribution is -1.92. The molecule has 0 unspecified atom stereocenters. The molecule has 0 N–H and O–H groups in total. The van der Waals surface area contributed by atoms with Crippen LogP contribution in [-0.4, -0.2) is 0 Å². The summed E-state index contributed by atoms with van der Waals surface area (Å²) in [5.74, 6) is 0. The maximum absolute atomic E-state index is 8.96. The van der Waals surface area contributed by atoms with Crippen molar-refractivity contribution in [2.45, 2.75) is 0 Å². The van der Waals surface area contributed by atoms with E-state index in [1.54, 1.807) is 0 Å². The molecule has 1 heterocycles. The maximum Gasteiger partial charge on any atom is 0.0629 e. The van der Waals surface area contributed by atoms with Crippen LogP contribution in [0.25, 0.3) is 96.6 Å². The molecule has 10 rings (SSSR count). The molecule has 0 bridgehead atoms. The zero-order valence-corrected chi connectivity index (χ0v) is 26.0. The third-order valence-corrected chi connectivity index (χ3v) is 10.6. The Kier molecular flexibility index (Phi) is 4.84. The molecule has 0 radical (unpaired) electrons. The van der Waals surface area contributed by atoms with Gasteiger partial charge in [-0.1, -0.05) is 145 Å². The Labute approximate surface area is 283 Å². The Balaban J connectivity index is 1.34. The van der Waals surface area contributed by atoms with Crippen molar-refractivity contribution < 1.29 is 6.85 Å². The molecule has 0 atom stereocenters. The monoisotopic (exact) mass is 617 g/mol. The Morgan fingerprint density at radius 1 is 0.383 bits per heavy atom. The van der Waals surface area contributed by atoms with Gasteiger partial charge in [-0.3, -0.25) is 0 Å². The topological polar surface area (TPSA) is 0 Å². The summed E-state index contributed by atoms with van der Waals surface area (Å²) in [6.07, 6.45) is 0. The Bertz CT molecular complexity index is 3050. The lowest BCUT2D eigenvalue weighted by Gasteiger charge is -2.20. The van der Waals surface area contributed by atoms with Gasteiger partial charge in [0, 0.05) is 20.2 Å². The van der Waals surface area contributed by atoms with E-state index < -0.39 is 6.04 Å². The maximum atomic E-state index is 8.96. The fourth-order valence-corrected chi connectivity index (χ4v) is 8.71. The van der Waals surface area contributed by atoms with E-state index in [4.69, 9.17) is 6.85 Å². The molecule has 9 aromatic carbocycles. The van der Waals surface area contributed by atoms with Crippen molar-refractivity contribution in [3.63, 3.8) is 0 Å². The molecular weight excluding hydrogens is 585 g/mol. The summed E-state index contributed by atoms with van der Waals surface area (Å²) in [4.78, 5) is 0. The van der Waals surface area contributed by atoms with Gasteiger partial charge in [-0.2, -0.15) is 0 Å². The molecule has 47 heavy (non-hydrogen) atoms. The van der Waals surface area contributed by atoms with Crippen LogP contribution in [-0.2, 0) is 0 Å². The zero-order valence-electron chi connectivity index (χ0n) is 30.2. The van der Waals surface area contributed by atoms with E-state index in [9.17, 15) is 0 Å². The Hall–Kier alpha value is -5.76. The predicted molar refractivity (Wildman–Crippen MR) is 206 cm³/mol. The van der Waals surface area contributed by atoms with Crippen molar-refractivity contribution in [1.29, 1.82) is 0 Å². The molecule has 0 amide bonds. The van der Waals surface area contributed by atoms with Crippen molar-refractivity contribution in [3.8, 4) is 33.4 Å². The minimum Gasteiger partial charge on any atom is -0.135 e. The number of benzene rings is 9. The molecule has 0 aliphatic rings. The second kappa shape index (κ2) is 10.4. The fraction of sp³-hybridized carbons (Fsp3) is 0. The van der Waals surface area contributed by atoms with Crippen LogP contribution in [0.1, 0.15) is 6.85 Å². The van der Waals surface area contributed by atoms with E-state index in [1.165, 1.54) is 36.5 Å². The summed E-state index contributed by atoms with van der Waals surface area (Å²) in [7, 11) is 0. The molecule has 0 fully saturated rings. The van der Waals surface area contributed by atoms with Gasteiger partial charge < -0.3 is 0 Å². The van der Waals surface area contributed by atoms with Crippen LogP contribution in [0.5, 0.6) is 0 Å². The zero-order chi connectivity index (χ0) is 35.2. The normalized spacial score (nSPS) is 13.3. The molecule has 1 aromatic heterocycles. The number of hydrogen-bond acceptors (Lipinski definition) is 1. The summed E-state index contributed by atoms with van der Waals surface area (Å²) >= 11 is 1.83. The summed E-state index contributed by atoms with van der Waals surface area (Å²) in [5.41, 5.74) is 5.29. The van der Waals surface area contributed by atoms with Gasteiger partial charge in [0.1, 0.15) is 0 Å². The molecule has 218 valence electrons. The predicted octanol–water partition coefficient (Wildman–Crippen LogP) is 13.7. The second-order valence-electron chi connectivity index (χ2n) is 12.0.